The number of aromatic nitrogens is 1. The van der Waals surface area contributed by atoms with Crippen molar-refractivity contribution in [3.05, 3.63) is 111 Å². The first-order valence-electron chi connectivity index (χ1n) is 12.8. The van der Waals surface area contributed by atoms with Gasteiger partial charge in [-0.25, -0.2) is 13.8 Å². The van der Waals surface area contributed by atoms with E-state index in [0.29, 0.717) is 16.3 Å². The van der Waals surface area contributed by atoms with Crippen LogP contribution in [0.15, 0.2) is 76.7 Å². The number of benzene rings is 3. The van der Waals surface area contributed by atoms with Crippen LogP contribution in [0.2, 0.25) is 5.02 Å². The minimum Gasteiger partial charge on any atom is -0.318 e. The molecule has 0 radical (unpaired) electrons. The Labute approximate surface area is 241 Å². The molecule has 0 saturated heterocycles. The number of hydrogen-bond acceptors (Lipinski definition) is 4. The van der Waals surface area contributed by atoms with E-state index >= 15 is 0 Å². The van der Waals surface area contributed by atoms with Crippen LogP contribution in [0.25, 0.3) is 5.69 Å². The maximum Gasteiger partial charge on any atom is 0.264 e. The maximum atomic E-state index is 13.7. The number of aryl methyl sites for hydroxylation is 5. The highest BCUT2D eigenvalue weighted by molar-refractivity contribution is 7.92. The monoisotopic (exact) mass is 576 g/mol. The zero-order valence-corrected chi connectivity index (χ0v) is 25.1. The highest BCUT2D eigenvalue weighted by Gasteiger charge is 2.28. The van der Waals surface area contributed by atoms with E-state index in [-0.39, 0.29) is 4.90 Å². The third-order valence-electron chi connectivity index (χ3n) is 6.79. The largest absolute Gasteiger partial charge is 0.318 e. The first-order chi connectivity index (χ1) is 18.9. The van der Waals surface area contributed by atoms with Gasteiger partial charge >= 0.3 is 0 Å². The lowest BCUT2D eigenvalue weighted by Gasteiger charge is -2.25. The quantitative estimate of drug-likeness (QED) is 0.197. The lowest BCUT2D eigenvalue weighted by atomic mass is 10.1. The molecule has 4 aromatic rings. The fourth-order valence-corrected chi connectivity index (χ4v) is 6.32. The molecule has 0 aliphatic rings. The highest BCUT2D eigenvalue weighted by atomic mass is 35.5. The van der Waals surface area contributed by atoms with Crippen LogP contribution >= 0.6 is 11.6 Å². The number of carbonyl (C=O) groups is 1. The molecule has 1 heterocycles. The first-order valence-corrected chi connectivity index (χ1v) is 14.6. The Morgan fingerprint density at radius 1 is 0.900 bits per heavy atom. The van der Waals surface area contributed by atoms with Gasteiger partial charge in [0.2, 0.25) is 0 Å². The predicted octanol–water partition coefficient (Wildman–Crippen LogP) is 6.33. The van der Waals surface area contributed by atoms with Crippen LogP contribution < -0.4 is 9.73 Å². The topological polar surface area (TPSA) is 83.8 Å². The van der Waals surface area contributed by atoms with Crippen LogP contribution in [0.5, 0.6) is 0 Å². The fourth-order valence-electron chi connectivity index (χ4n) is 4.67. The van der Waals surface area contributed by atoms with Gasteiger partial charge in [-0.2, -0.15) is 5.10 Å². The van der Waals surface area contributed by atoms with Gasteiger partial charge in [-0.05, 0) is 89.1 Å². The number of nitrogens with one attached hydrogen (secondary N) is 1. The number of carbonyl (C=O) groups excluding carboxylic acids is 1. The maximum absolute atomic E-state index is 13.7. The molecule has 1 N–H and O–H groups in total. The Kier molecular flexibility index (Phi) is 8.51. The number of sulfonamides is 1. The standard InChI is InChI=1S/C31H33ClN4O3S/c1-20-7-12-28(13-8-20)40(38,39)35(30-17-27(32)11-10-22(30)3)19-31(37)34-33-18-26-16-24(5)36(25(26)6)29-14-9-21(2)15-23(29)4/h7-18H,19H2,1-6H3,(H,34,37)/b33-18-. The molecule has 40 heavy (non-hydrogen) atoms. The lowest BCUT2D eigenvalue weighted by molar-refractivity contribution is -0.119. The minimum atomic E-state index is -4.07. The number of nitrogens with zero attached hydrogens (tertiary/aromatic N) is 3. The average Bonchev–Trinajstić information content (AvgIpc) is 3.17. The molecule has 208 valence electrons. The van der Waals surface area contributed by atoms with Gasteiger partial charge in [-0.3, -0.25) is 9.10 Å². The van der Waals surface area contributed by atoms with E-state index in [1.54, 1.807) is 43.5 Å². The summed E-state index contributed by atoms with van der Waals surface area (Å²) in [6.07, 6.45) is 1.57. The molecule has 1 aromatic heterocycles. The van der Waals surface area contributed by atoms with Gasteiger partial charge < -0.3 is 4.57 Å². The Morgan fingerprint density at radius 3 is 2.25 bits per heavy atom. The number of halogens is 1. The van der Waals surface area contributed by atoms with Gasteiger partial charge in [-0.1, -0.05) is 53.1 Å². The molecule has 0 spiro atoms. The molecule has 0 bridgehead atoms. The van der Waals surface area contributed by atoms with Crippen LogP contribution in [0, 0.1) is 41.5 Å². The summed E-state index contributed by atoms with van der Waals surface area (Å²) in [5.74, 6) is -0.588. The van der Waals surface area contributed by atoms with Crippen molar-refractivity contribution in [1.29, 1.82) is 0 Å². The normalized spacial score (nSPS) is 11.7. The molecule has 0 aliphatic heterocycles. The minimum absolute atomic E-state index is 0.0765. The van der Waals surface area contributed by atoms with Crippen molar-refractivity contribution in [2.24, 2.45) is 5.10 Å². The average molecular weight is 577 g/mol. The summed E-state index contributed by atoms with van der Waals surface area (Å²) >= 11 is 6.21. The van der Waals surface area contributed by atoms with Crippen LogP contribution in [0.3, 0.4) is 0 Å². The number of hydrazone groups is 1. The molecule has 0 fully saturated rings. The van der Waals surface area contributed by atoms with E-state index < -0.39 is 22.5 Å². The third kappa shape index (κ3) is 6.13. The summed E-state index contributed by atoms with van der Waals surface area (Å²) in [5.41, 5.74) is 10.7. The Bertz CT molecular complexity index is 1710. The van der Waals surface area contributed by atoms with Crippen LogP contribution in [0.4, 0.5) is 5.69 Å². The molecule has 1 amide bonds. The van der Waals surface area contributed by atoms with E-state index in [2.05, 4.69) is 47.1 Å². The zero-order chi connectivity index (χ0) is 29.2. The van der Waals surface area contributed by atoms with Crippen molar-refractivity contribution in [1.82, 2.24) is 9.99 Å². The summed E-state index contributed by atoms with van der Waals surface area (Å²) < 4.78 is 30.6. The summed E-state index contributed by atoms with van der Waals surface area (Å²) in [6.45, 7) is 11.3. The summed E-state index contributed by atoms with van der Waals surface area (Å²) in [6, 6.07) is 19.7. The molecule has 0 aliphatic carbocycles. The second-order valence-corrected chi connectivity index (χ2v) is 12.3. The molecular weight excluding hydrogens is 544 g/mol. The molecule has 0 saturated carbocycles. The highest BCUT2D eigenvalue weighted by Crippen LogP contribution is 2.29. The van der Waals surface area contributed by atoms with Crippen LogP contribution in [-0.2, 0) is 14.8 Å². The van der Waals surface area contributed by atoms with Crippen LogP contribution in [-0.4, -0.2) is 31.7 Å². The van der Waals surface area contributed by atoms with Crippen molar-refractivity contribution in [3.8, 4) is 5.69 Å². The Balaban J connectivity index is 1.59. The molecular formula is C31H33ClN4O3S. The molecule has 0 atom stereocenters. The third-order valence-corrected chi connectivity index (χ3v) is 8.80. The van der Waals surface area contributed by atoms with Gasteiger partial charge in [-0.15, -0.1) is 0 Å². The van der Waals surface area contributed by atoms with Gasteiger partial charge in [0.25, 0.3) is 15.9 Å². The van der Waals surface area contributed by atoms with E-state index in [0.717, 1.165) is 38.1 Å². The van der Waals surface area contributed by atoms with Crippen molar-refractivity contribution in [2.45, 2.75) is 46.4 Å². The molecule has 3 aromatic carbocycles. The Morgan fingerprint density at radius 2 is 1.57 bits per heavy atom. The van der Waals surface area contributed by atoms with Crippen LogP contribution in [0.1, 0.15) is 39.2 Å². The van der Waals surface area contributed by atoms with Crippen molar-refractivity contribution in [3.63, 3.8) is 0 Å². The van der Waals surface area contributed by atoms with Gasteiger partial charge in [0, 0.05) is 27.7 Å². The van der Waals surface area contributed by atoms with Gasteiger partial charge in [0.15, 0.2) is 0 Å². The van der Waals surface area contributed by atoms with E-state index in [1.165, 1.54) is 17.7 Å². The smallest absolute Gasteiger partial charge is 0.264 e. The fraction of sp³-hybridized carbons (Fsp3) is 0.226. The number of anilines is 1. The number of rotatable bonds is 8. The molecule has 7 nitrogen and oxygen atoms in total. The second-order valence-electron chi connectivity index (χ2n) is 10.0. The molecule has 4 rings (SSSR count). The van der Waals surface area contributed by atoms with Crippen molar-refractivity contribution < 1.29 is 13.2 Å². The predicted molar refractivity (Wildman–Crippen MR) is 162 cm³/mol. The van der Waals surface area contributed by atoms with Crippen molar-refractivity contribution >= 4 is 39.4 Å². The summed E-state index contributed by atoms with van der Waals surface area (Å²) in [4.78, 5) is 13.1. The Hall–Kier alpha value is -3.88. The SMILES string of the molecule is Cc1ccc(S(=O)(=O)N(CC(=O)N/N=C\c2cc(C)n(-c3ccc(C)cc3C)c2C)c2cc(Cl)ccc2C)cc1. The first kappa shape index (κ1) is 29.1. The number of amides is 1. The van der Waals surface area contributed by atoms with Gasteiger partial charge in [0.1, 0.15) is 6.54 Å². The van der Waals surface area contributed by atoms with E-state index in [4.69, 9.17) is 11.6 Å². The van der Waals surface area contributed by atoms with Crippen molar-refractivity contribution in [2.75, 3.05) is 10.8 Å². The number of hydrogen-bond donors (Lipinski definition) is 1. The summed E-state index contributed by atoms with van der Waals surface area (Å²) in [5, 5.41) is 4.52. The molecule has 9 heteroatoms. The zero-order valence-electron chi connectivity index (χ0n) is 23.5. The lowest BCUT2D eigenvalue weighted by Crippen LogP contribution is -2.40. The molecule has 0 unspecified atom stereocenters. The van der Waals surface area contributed by atoms with Gasteiger partial charge in [0.05, 0.1) is 16.8 Å². The van der Waals surface area contributed by atoms with E-state index in [9.17, 15) is 13.2 Å². The summed E-state index contributed by atoms with van der Waals surface area (Å²) in [7, 11) is -4.07. The van der Waals surface area contributed by atoms with E-state index in [1.807, 2.05) is 26.8 Å². The second kappa shape index (κ2) is 11.7.